The van der Waals surface area contributed by atoms with Crippen molar-refractivity contribution in [1.82, 2.24) is 9.78 Å². The van der Waals surface area contributed by atoms with Gasteiger partial charge in [-0.15, -0.1) is 11.3 Å². The van der Waals surface area contributed by atoms with Gasteiger partial charge in [-0.3, -0.25) is 8.99 Å². The fourth-order valence-corrected chi connectivity index (χ4v) is 4.46. The van der Waals surface area contributed by atoms with Crippen molar-refractivity contribution in [2.24, 2.45) is 7.05 Å². The molecule has 2 rings (SSSR count). The minimum atomic E-state index is -3.50. The quantitative estimate of drug-likeness (QED) is 0.864. The van der Waals surface area contributed by atoms with E-state index in [-0.39, 0.29) is 6.04 Å². The van der Waals surface area contributed by atoms with E-state index in [0.717, 1.165) is 0 Å². The summed E-state index contributed by atoms with van der Waals surface area (Å²) in [5.41, 5.74) is 0.584. The summed E-state index contributed by atoms with van der Waals surface area (Å²) >= 11 is 1.22. The molecule has 0 N–H and O–H groups in total. The molecule has 0 unspecified atom stereocenters. The Kier molecular flexibility index (Phi) is 3.45. The summed E-state index contributed by atoms with van der Waals surface area (Å²) < 4.78 is 28.4. The van der Waals surface area contributed by atoms with Crippen molar-refractivity contribution in [3.8, 4) is 0 Å². The summed E-state index contributed by atoms with van der Waals surface area (Å²) in [4.78, 5) is 0. The highest BCUT2D eigenvalue weighted by atomic mass is 32.2. The van der Waals surface area contributed by atoms with Crippen LogP contribution in [0.5, 0.6) is 0 Å². The molecule has 5 nitrogen and oxygen atoms in total. The molecule has 18 heavy (non-hydrogen) atoms. The van der Waals surface area contributed by atoms with Crippen LogP contribution in [0.2, 0.25) is 0 Å². The van der Waals surface area contributed by atoms with Gasteiger partial charge in [-0.05, 0) is 25.3 Å². The maximum atomic E-state index is 12.5. The number of rotatable bonds is 4. The van der Waals surface area contributed by atoms with Gasteiger partial charge in [0.2, 0.25) is 0 Å². The molecule has 0 saturated carbocycles. The predicted molar refractivity (Wildman–Crippen MR) is 72.3 cm³/mol. The molecule has 0 atom stereocenters. The van der Waals surface area contributed by atoms with Crippen molar-refractivity contribution in [2.45, 2.75) is 24.1 Å². The molecule has 0 amide bonds. The minimum Gasteiger partial charge on any atom is -0.274 e. The van der Waals surface area contributed by atoms with Crippen LogP contribution in [0.4, 0.5) is 5.69 Å². The first-order valence-electron chi connectivity index (χ1n) is 5.49. The topological polar surface area (TPSA) is 55.2 Å². The molecule has 7 heteroatoms. The highest BCUT2D eigenvalue weighted by Crippen LogP contribution is 2.27. The molecule has 2 aromatic heterocycles. The molecule has 0 aliphatic carbocycles. The van der Waals surface area contributed by atoms with E-state index in [2.05, 4.69) is 5.10 Å². The Balaban J connectivity index is 2.50. The molecular weight excluding hydrogens is 270 g/mol. The maximum Gasteiger partial charge on any atom is 0.274 e. The smallest absolute Gasteiger partial charge is 0.274 e. The molecule has 0 bridgehead atoms. The van der Waals surface area contributed by atoms with Gasteiger partial charge in [-0.25, -0.2) is 8.42 Å². The lowest BCUT2D eigenvalue weighted by Crippen LogP contribution is -2.36. The molecule has 0 radical (unpaired) electrons. The first-order chi connectivity index (χ1) is 8.43. The zero-order valence-corrected chi connectivity index (χ0v) is 12.1. The van der Waals surface area contributed by atoms with E-state index in [4.69, 9.17) is 0 Å². The number of nitrogens with zero attached hydrogens (tertiary/aromatic N) is 3. The minimum absolute atomic E-state index is 0.165. The molecule has 2 aromatic rings. The average Bonchev–Trinajstić information content (AvgIpc) is 2.88. The molecule has 98 valence electrons. The van der Waals surface area contributed by atoms with E-state index in [0.29, 0.717) is 9.90 Å². The lowest BCUT2D eigenvalue weighted by Gasteiger charge is -2.25. The molecule has 0 spiro atoms. The van der Waals surface area contributed by atoms with Crippen LogP contribution in [0.25, 0.3) is 0 Å². The maximum absolute atomic E-state index is 12.5. The molecular formula is C11H15N3O2S2. The van der Waals surface area contributed by atoms with Crippen molar-refractivity contribution in [1.29, 1.82) is 0 Å². The van der Waals surface area contributed by atoms with E-state index >= 15 is 0 Å². The van der Waals surface area contributed by atoms with Crippen LogP contribution in [0.15, 0.2) is 34.1 Å². The molecule has 0 aromatic carbocycles. The van der Waals surface area contributed by atoms with Gasteiger partial charge in [0.1, 0.15) is 4.21 Å². The Morgan fingerprint density at radius 2 is 2.17 bits per heavy atom. The van der Waals surface area contributed by atoms with Crippen molar-refractivity contribution in [3.05, 3.63) is 29.9 Å². The van der Waals surface area contributed by atoms with Gasteiger partial charge in [-0.1, -0.05) is 6.07 Å². The summed E-state index contributed by atoms with van der Waals surface area (Å²) in [6.45, 7) is 3.69. The van der Waals surface area contributed by atoms with Gasteiger partial charge in [-0.2, -0.15) is 5.10 Å². The normalized spacial score (nSPS) is 12.0. The fourth-order valence-electron chi connectivity index (χ4n) is 1.74. The van der Waals surface area contributed by atoms with Crippen molar-refractivity contribution >= 4 is 27.0 Å². The molecule has 0 fully saturated rings. The van der Waals surface area contributed by atoms with Gasteiger partial charge in [0.15, 0.2) is 0 Å². The monoisotopic (exact) mass is 285 g/mol. The number of hydrogen-bond acceptors (Lipinski definition) is 4. The first-order valence-corrected chi connectivity index (χ1v) is 7.81. The number of thiophene rings is 1. The summed E-state index contributed by atoms with van der Waals surface area (Å²) in [5, 5.41) is 5.79. The van der Waals surface area contributed by atoms with Gasteiger partial charge >= 0.3 is 0 Å². The van der Waals surface area contributed by atoms with Crippen LogP contribution in [-0.2, 0) is 17.1 Å². The third-order valence-corrected chi connectivity index (χ3v) is 5.80. The Morgan fingerprint density at radius 3 is 2.61 bits per heavy atom. The van der Waals surface area contributed by atoms with Crippen molar-refractivity contribution < 1.29 is 8.42 Å². The second-order valence-electron chi connectivity index (χ2n) is 4.20. The van der Waals surface area contributed by atoms with E-state index in [1.807, 2.05) is 13.8 Å². The van der Waals surface area contributed by atoms with Gasteiger partial charge in [0.05, 0.1) is 11.9 Å². The molecule has 0 saturated heterocycles. The van der Waals surface area contributed by atoms with Crippen LogP contribution in [0.3, 0.4) is 0 Å². The first kappa shape index (κ1) is 13.1. The standard InChI is InChI=1S/C11H15N3O2S2/c1-9(2)14(10-7-12-13(3)8-10)18(15,16)11-5-4-6-17-11/h4-9H,1-3H3. The highest BCUT2D eigenvalue weighted by Gasteiger charge is 2.29. The summed E-state index contributed by atoms with van der Waals surface area (Å²) in [6.07, 6.45) is 3.26. The van der Waals surface area contributed by atoms with Gasteiger partial charge < -0.3 is 0 Å². The molecule has 0 aliphatic heterocycles. The number of anilines is 1. The van der Waals surface area contributed by atoms with Crippen LogP contribution >= 0.6 is 11.3 Å². The molecule has 2 heterocycles. The highest BCUT2D eigenvalue weighted by molar-refractivity contribution is 7.94. The number of hydrogen-bond donors (Lipinski definition) is 0. The second-order valence-corrected chi connectivity index (χ2v) is 7.19. The lowest BCUT2D eigenvalue weighted by atomic mass is 10.4. The summed E-state index contributed by atoms with van der Waals surface area (Å²) in [7, 11) is -1.73. The largest absolute Gasteiger partial charge is 0.274 e. The Bertz CT molecular complexity index is 615. The Labute approximate surface area is 111 Å². The second kappa shape index (κ2) is 4.74. The Morgan fingerprint density at radius 1 is 1.44 bits per heavy atom. The third-order valence-electron chi connectivity index (χ3n) is 2.42. The van der Waals surface area contributed by atoms with Crippen molar-refractivity contribution in [2.75, 3.05) is 4.31 Å². The lowest BCUT2D eigenvalue weighted by molar-refractivity contribution is 0.586. The average molecular weight is 285 g/mol. The Hall–Kier alpha value is -1.34. The molecule has 0 aliphatic rings. The van der Waals surface area contributed by atoms with Crippen LogP contribution < -0.4 is 4.31 Å². The van der Waals surface area contributed by atoms with Gasteiger partial charge in [0, 0.05) is 19.3 Å². The van der Waals surface area contributed by atoms with E-state index in [1.54, 1.807) is 41.6 Å². The number of aromatic nitrogens is 2. The summed E-state index contributed by atoms with van der Waals surface area (Å²) in [5.74, 6) is 0. The number of sulfonamides is 1. The van der Waals surface area contributed by atoms with E-state index in [9.17, 15) is 8.42 Å². The SMILES string of the molecule is CC(C)N(c1cnn(C)c1)S(=O)(=O)c1cccs1. The van der Waals surface area contributed by atoms with Crippen LogP contribution in [0.1, 0.15) is 13.8 Å². The van der Waals surface area contributed by atoms with Crippen molar-refractivity contribution in [3.63, 3.8) is 0 Å². The van der Waals surface area contributed by atoms with Crippen LogP contribution in [0, 0.1) is 0 Å². The third kappa shape index (κ3) is 2.28. The van der Waals surface area contributed by atoms with Crippen LogP contribution in [-0.4, -0.2) is 24.2 Å². The summed E-state index contributed by atoms with van der Waals surface area (Å²) in [6, 6.07) is 3.19. The predicted octanol–water partition coefficient (Wildman–Crippen LogP) is 2.09. The zero-order valence-electron chi connectivity index (χ0n) is 10.4. The zero-order chi connectivity index (χ0) is 13.3. The van der Waals surface area contributed by atoms with E-state index in [1.165, 1.54) is 15.6 Å². The fraction of sp³-hybridized carbons (Fsp3) is 0.364. The van der Waals surface area contributed by atoms with E-state index < -0.39 is 10.0 Å². The number of aryl methyl sites for hydroxylation is 1. The van der Waals surface area contributed by atoms with Gasteiger partial charge in [0.25, 0.3) is 10.0 Å².